The molecule has 0 N–H and O–H groups in total. The Morgan fingerprint density at radius 1 is 1.40 bits per heavy atom. The second-order valence-electron chi connectivity index (χ2n) is 6.42. The smallest absolute Gasteiger partial charge is 0.273 e. The average Bonchev–Trinajstić information content (AvgIpc) is 3.00. The van der Waals surface area contributed by atoms with E-state index >= 15 is 0 Å². The van der Waals surface area contributed by atoms with Gasteiger partial charge in [0.25, 0.3) is 5.91 Å². The maximum Gasteiger partial charge on any atom is 0.273 e. The van der Waals surface area contributed by atoms with E-state index in [0.717, 1.165) is 5.56 Å². The quantitative estimate of drug-likeness (QED) is 0.825. The van der Waals surface area contributed by atoms with Gasteiger partial charge in [0.2, 0.25) is 0 Å². The lowest BCUT2D eigenvalue weighted by atomic mass is 10.00. The number of morpholine rings is 1. The number of hydrogen-bond acceptors (Lipinski definition) is 5. The number of rotatable bonds is 4. The highest BCUT2D eigenvalue weighted by Crippen LogP contribution is 2.31. The number of nitrogens with zero attached hydrogens (tertiary/aromatic N) is 5. The van der Waals surface area contributed by atoms with E-state index in [0.29, 0.717) is 30.4 Å². The Hall–Kier alpha value is -1.96. The minimum absolute atomic E-state index is 0.127. The number of halogens is 1. The first-order valence-electron chi connectivity index (χ1n) is 8.13. The molecule has 3 rings (SSSR count). The molecule has 0 saturated carbocycles. The van der Waals surface area contributed by atoms with Crippen LogP contribution in [-0.2, 0) is 11.8 Å². The molecule has 0 unspecified atom stereocenters. The van der Waals surface area contributed by atoms with Gasteiger partial charge in [-0.15, -0.1) is 0 Å². The Kier molecular flexibility index (Phi) is 5.36. The Labute approximate surface area is 152 Å². The first kappa shape index (κ1) is 17.8. The van der Waals surface area contributed by atoms with Crippen molar-refractivity contribution in [3.63, 3.8) is 0 Å². The largest absolute Gasteiger partial charge is 0.373 e. The number of ether oxygens (including phenoxy) is 1. The summed E-state index contributed by atoms with van der Waals surface area (Å²) in [7, 11) is 5.84. The SMILES string of the molecule is CN(C)C[C@@H]1OCCN(C(=O)c2ccc(Cl)cn2)[C@H]1c1cnn(C)c1. The highest BCUT2D eigenvalue weighted by atomic mass is 35.5. The standard InChI is InChI=1S/C17H22ClN5O2/c1-21(2)11-15-16(12-8-20-22(3)10-12)23(6-7-25-15)17(24)14-5-4-13(18)9-19-14/h4-5,8-10,15-16H,6-7,11H2,1-3H3/t15-,16-/m0/s1. The highest BCUT2D eigenvalue weighted by molar-refractivity contribution is 6.30. The number of likely N-dealkylation sites (N-methyl/N-ethyl adjacent to an activating group) is 1. The number of carbonyl (C=O) groups excluding carboxylic acids is 1. The summed E-state index contributed by atoms with van der Waals surface area (Å²) in [6.45, 7) is 1.71. The van der Waals surface area contributed by atoms with Crippen molar-refractivity contribution >= 4 is 17.5 Å². The number of carbonyl (C=O) groups is 1. The molecule has 2 atom stereocenters. The van der Waals surface area contributed by atoms with Gasteiger partial charge in [-0.05, 0) is 26.2 Å². The van der Waals surface area contributed by atoms with Gasteiger partial charge in [0, 0.05) is 38.1 Å². The number of aromatic nitrogens is 3. The molecule has 25 heavy (non-hydrogen) atoms. The van der Waals surface area contributed by atoms with E-state index in [2.05, 4.69) is 15.0 Å². The van der Waals surface area contributed by atoms with E-state index in [1.165, 1.54) is 6.20 Å². The summed E-state index contributed by atoms with van der Waals surface area (Å²) in [5.74, 6) is -0.127. The van der Waals surface area contributed by atoms with E-state index in [1.807, 2.05) is 32.2 Å². The summed E-state index contributed by atoms with van der Waals surface area (Å²) in [6.07, 6.45) is 5.07. The summed E-state index contributed by atoms with van der Waals surface area (Å²) in [5, 5.41) is 4.77. The van der Waals surface area contributed by atoms with E-state index in [-0.39, 0.29) is 18.1 Å². The molecule has 3 heterocycles. The normalized spacial score (nSPS) is 20.9. The molecule has 0 bridgehead atoms. The van der Waals surface area contributed by atoms with Crippen LogP contribution in [0.1, 0.15) is 22.1 Å². The summed E-state index contributed by atoms with van der Waals surface area (Å²) in [5.41, 5.74) is 1.33. The molecule has 1 amide bonds. The van der Waals surface area contributed by atoms with Crippen molar-refractivity contribution in [1.82, 2.24) is 24.6 Å². The third-order valence-corrected chi connectivity index (χ3v) is 4.39. The number of pyridine rings is 1. The topological polar surface area (TPSA) is 63.5 Å². The first-order valence-corrected chi connectivity index (χ1v) is 8.51. The molecule has 8 heteroatoms. The third-order valence-electron chi connectivity index (χ3n) is 4.17. The minimum atomic E-state index is -0.213. The third kappa shape index (κ3) is 4.00. The number of hydrogen-bond donors (Lipinski definition) is 0. The van der Waals surface area contributed by atoms with Gasteiger partial charge in [-0.1, -0.05) is 11.6 Å². The van der Waals surface area contributed by atoms with Gasteiger partial charge < -0.3 is 14.5 Å². The van der Waals surface area contributed by atoms with E-state index in [1.54, 1.807) is 23.0 Å². The molecule has 0 radical (unpaired) electrons. The predicted octanol–water partition coefficient (Wildman–Crippen LogP) is 1.61. The number of aryl methyl sites for hydroxylation is 1. The second-order valence-corrected chi connectivity index (χ2v) is 6.86. The molecule has 0 spiro atoms. The molecule has 1 fully saturated rings. The molecule has 0 aromatic carbocycles. The summed E-state index contributed by atoms with van der Waals surface area (Å²) in [6, 6.07) is 3.12. The fourth-order valence-corrected chi connectivity index (χ4v) is 3.22. The molecule has 1 saturated heterocycles. The van der Waals surface area contributed by atoms with Crippen LogP contribution >= 0.6 is 11.6 Å². The molecule has 2 aromatic rings. The fourth-order valence-electron chi connectivity index (χ4n) is 3.11. The van der Waals surface area contributed by atoms with Gasteiger partial charge in [-0.3, -0.25) is 9.48 Å². The lowest BCUT2D eigenvalue weighted by Crippen LogP contribution is -2.51. The van der Waals surface area contributed by atoms with Crippen LogP contribution in [-0.4, -0.2) is 70.4 Å². The zero-order valence-electron chi connectivity index (χ0n) is 14.6. The van der Waals surface area contributed by atoms with Crippen LogP contribution in [0.5, 0.6) is 0 Å². The zero-order valence-corrected chi connectivity index (χ0v) is 15.3. The predicted molar refractivity (Wildman–Crippen MR) is 94.5 cm³/mol. The van der Waals surface area contributed by atoms with E-state index in [4.69, 9.17) is 16.3 Å². The van der Waals surface area contributed by atoms with Crippen molar-refractivity contribution < 1.29 is 9.53 Å². The van der Waals surface area contributed by atoms with Gasteiger partial charge >= 0.3 is 0 Å². The van der Waals surface area contributed by atoms with Crippen LogP contribution in [0.4, 0.5) is 0 Å². The van der Waals surface area contributed by atoms with Gasteiger partial charge in [0.05, 0.1) is 30.0 Å². The Bertz CT molecular complexity index is 731. The Balaban J connectivity index is 1.93. The Morgan fingerprint density at radius 3 is 2.80 bits per heavy atom. The molecule has 2 aromatic heterocycles. The van der Waals surface area contributed by atoms with Crippen molar-refractivity contribution in [3.8, 4) is 0 Å². The van der Waals surface area contributed by atoms with Crippen LogP contribution in [0.2, 0.25) is 5.02 Å². The lowest BCUT2D eigenvalue weighted by Gasteiger charge is -2.41. The van der Waals surface area contributed by atoms with Crippen molar-refractivity contribution in [2.75, 3.05) is 33.8 Å². The van der Waals surface area contributed by atoms with Gasteiger partial charge in [-0.2, -0.15) is 5.10 Å². The van der Waals surface area contributed by atoms with E-state index in [9.17, 15) is 4.79 Å². The minimum Gasteiger partial charge on any atom is -0.373 e. The van der Waals surface area contributed by atoms with Gasteiger partial charge in [-0.25, -0.2) is 4.98 Å². The van der Waals surface area contributed by atoms with Crippen LogP contribution in [0.15, 0.2) is 30.7 Å². The average molecular weight is 364 g/mol. The second kappa shape index (κ2) is 7.51. The van der Waals surface area contributed by atoms with Crippen molar-refractivity contribution in [1.29, 1.82) is 0 Å². The van der Waals surface area contributed by atoms with E-state index < -0.39 is 0 Å². The maximum absolute atomic E-state index is 13.1. The van der Waals surface area contributed by atoms with Gasteiger partial charge in [0.1, 0.15) is 5.69 Å². The van der Waals surface area contributed by atoms with Crippen LogP contribution in [0.3, 0.4) is 0 Å². The summed E-state index contributed by atoms with van der Waals surface area (Å²) < 4.78 is 7.72. The molecule has 134 valence electrons. The van der Waals surface area contributed by atoms with Crippen LogP contribution in [0.25, 0.3) is 0 Å². The zero-order chi connectivity index (χ0) is 18.0. The van der Waals surface area contributed by atoms with Crippen molar-refractivity contribution in [3.05, 3.63) is 47.0 Å². The number of amides is 1. The van der Waals surface area contributed by atoms with Crippen molar-refractivity contribution in [2.24, 2.45) is 7.05 Å². The molecular weight excluding hydrogens is 342 g/mol. The molecular formula is C17H22ClN5O2. The highest BCUT2D eigenvalue weighted by Gasteiger charge is 2.38. The molecule has 1 aliphatic rings. The molecule has 1 aliphatic heterocycles. The summed E-state index contributed by atoms with van der Waals surface area (Å²) in [4.78, 5) is 21.1. The summed E-state index contributed by atoms with van der Waals surface area (Å²) >= 11 is 5.89. The van der Waals surface area contributed by atoms with Crippen molar-refractivity contribution in [2.45, 2.75) is 12.1 Å². The molecule has 7 nitrogen and oxygen atoms in total. The van der Waals surface area contributed by atoms with Crippen LogP contribution in [0, 0.1) is 0 Å². The van der Waals surface area contributed by atoms with Crippen LogP contribution < -0.4 is 0 Å². The lowest BCUT2D eigenvalue weighted by molar-refractivity contribution is -0.0686. The molecule has 0 aliphatic carbocycles. The Morgan fingerprint density at radius 2 is 2.20 bits per heavy atom. The van der Waals surface area contributed by atoms with Gasteiger partial charge in [0.15, 0.2) is 0 Å². The maximum atomic E-state index is 13.1. The first-order chi connectivity index (χ1) is 12.0. The monoisotopic (exact) mass is 363 g/mol. The fraction of sp³-hybridized carbons (Fsp3) is 0.471.